The molecule has 4 aromatic rings. The van der Waals surface area contributed by atoms with Crippen LogP contribution in [0.25, 0.3) is 21.9 Å². The van der Waals surface area contributed by atoms with Gasteiger partial charge >= 0.3 is 11.9 Å². The van der Waals surface area contributed by atoms with Gasteiger partial charge in [0.15, 0.2) is 0 Å². The first-order chi connectivity index (χ1) is 17.3. The van der Waals surface area contributed by atoms with Crippen LogP contribution in [0.5, 0.6) is 0 Å². The van der Waals surface area contributed by atoms with Crippen LogP contribution in [-0.4, -0.2) is 41.2 Å². The fraction of sp³-hybridized carbons (Fsp3) is 0.111. The van der Waals surface area contributed by atoms with Gasteiger partial charge in [0.05, 0.1) is 13.7 Å². The van der Waals surface area contributed by atoms with Crippen molar-refractivity contribution in [2.24, 2.45) is 0 Å². The molecule has 0 saturated heterocycles. The van der Waals surface area contributed by atoms with Crippen molar-refractivity contribution in [2.75, 3.05) is 13.7 Å². The second kappa shape index (κ2) is 10.6. The summed E-state index contributed by atoms with van der Waals surface area (Å²) < 4.78 is 6.47. The third kappa shape index (κ3) is 5.06. The summed E-state index contributed by atoms with van der Waals surface area (Å²) in [6.45, 7) is -0.277. The highest BCUT2D eigenvalue weighted by atomic mass is 79.9. The van der Waals surface area contributed by atoms with Crippen LogP contribution in [0.15, 0.2) is 82.1 Å². The van der Waals surface area contributed by atoms with Gasteiger partial charge in [-0.05, 0) is 46.8 Å². The smallest absolute Gasteiger partial charge is 0.353 e. The largest absolute Gasteiger partial charge is 0.477 e. The third-order valence-electron chi connectivity index (χ3n) is 5.68. The molecule has 4 rings (SSSR count). The Bertz CT molecular complexity index is 1530. The molecular formula is C27H21BrN2O6. The summed E-state index contributed by atoms with van der Waals surface area (Å²) in [5.41, 5.74) is 1.48. The zero-order valence-electron chi connectivity index (χ0n) is 19.2. The Kier molecular flexibility index (Phi) is 7.30. The van der Waals surface area contributed by atoms with Gasteiger partial charge in [0.1, 0.15) is 12.2 Å². The maximum absolute atomic E-state index is 13.5. The molecule has 1 heterocycles. The van der Waals surface area contributed by atoms with Gasteiger partial charge < -0.3 is 15.2 Å². The van der Waals surface area contributed by atoms with E-state index in [0.717, 1.165) is 4.47 Å². The van der Waals surface area contributed by atoms with Crippen molar-refractivity contribution in [1.82, 2.24) is 9.88 Å². The summed E-state index contributed by atoms with van der Waals surface area (Å²) in [4.78, 5) is 49.5. The zero-order valence-corrected chi connectivity index (χ0v) is 20.7. The second-order valence-electron chi connectivity index (χ2n) is 7.93. The number of methoxy groups -OCH3 is 1. The number of fused-ring (bicyclic) bond motifs is 1. The molecule has 8 nitrogen and oxygen atoms in total. The Labute approximate surface area is 214 Å². The number of aromatic carboxylic acids is 1. The number of pyridine rings is 1. The number of carbonyl (C=O) groups is 3. The SMILES string of the molecule is COC(=O)CNC(=O)c1ccc(Cn2c(C(=O)O)c(-c3ccccc3)c3cc(Br)ccc3c2=O)cc1. The number of benzene rings is 3. The van der Waals surface area contributed by atoms with Crippen molar-refractivity contribution in [3.05, 3.63) is 104 Å². The van der Waals surface area contributed by atoms with Crippen LogP contribution < -0.4 is 10.9 Å². The summed E-state index contributed by atoms with van der Waals surface area (Å²) in [7, 11) is 1.23. The van der Waals surface area contributed by atoms with Crippen LogP contribution in [0.2, 0.25) is 0 Å². The molecular weight excluding hydrogens is 528 g/mol. The van der Waals surface area contributed by atoms with Gasteiger partial charge in [-0.3, -0.25) is 19.0 Å². The van der Waals surface area contributed by atoms with Crippen LogP contribution >= 0.6 is 15.9 Å². The van der Waals surface area contributed by atoms with Crippen LogP contribution in [0, 0.1) is 0 Å². The van der Waals surface area contributed by atoms with Crippen LogP contribution in [-0.2, 0) is 16.1 Å². The number of ether oxygens (including phenoxy) is 1. The number of nitrogens with zero attached hydrogens (tertiary/aromatic N) is 1. The first-order valence-corrected chi connectivity index (χ1v) is 11.7. The van der Waals surface area contributed by atoms with Crippen molar-refractivity contribution in [3.63, 3.8) is 0 Å². The number of halogens is 1. The number of carbonyl (C=O) groups excluding carboxylic acids is 2. The summed E-state index contributed by atoms with van der Waals surface area (Å²) in [5, 5.41) is 13.6. The van der Waals surface area contributed by atoms with Crippen LogP contribution in [0.4, 0.5) is 0 Å². The van der Waals surface area contributed by atoms with Crippen molar-refractivity contribution in [2.45, 2.75) is 6.54 Å². The molecule has 0 unspecified atom stereocenters. The van der Waals surface area contributed by atoms with Gasteiger partial charge in [-0.25, -0.2) is 4.79 Å². The summed E-state index contributed by atoms with van der Waals surface area (Å²) >= 11 is 3.42. The predicted octanol–water partition coefficient (Wildman–Crippen LogP) is 4.08. The fourth-order valence-corrected chi connectivity index (χ4v) is 4.32. The number of carboxylic acid groups (broad SMARTS) is 1. The van der Waals surface area contributed by atoms with E-state index in [1.165, 1.54) is 11.7 Å². The van der Waals surface area contributed by atoms with Gasteiger partial charge in [-0.15, -0.1) is 0 Å². The molecule has 1 aromatic heterocycles. The van der Waals surface area contributed by atoms with Gasteiger partial charge in [0.25, 0.3) is 11.5 Å². The van der Waals surface area contributed by atoms with E-state index in [2.05, 4.69) is 26.0 Å². The molecule has 0 bridgehead atoms. The summed E-state index contributed by atoms with van der Waals surface area (Å²) in [6.07, 6.45) is 0. The number of rotatable bonds is 7. The molecule has 9 heteroatoms. The topological polar surface area (TPSA) is 115 Å². The highest BCUT2D eigenvalue weighted by Crippen LogP contribution is 2.32. The van der Waals surface area contributed by atoms with E-state index >= 15 is 0 Å². The average molecular weight is 549 g/mol. The van der Waals surface area contributed by atoms with Crippen molar-refractivity contribution < 1.29 is 24.2 Å². The van der Waals surface area contributed by atoms with Crippen molar-refractivity contribution in [1.29, 1.82) is 0 Å². The van der Waals surface area contributed by atoms with E-state index in [4.69, 9.17) is 0 Å². The number of hydrogen-bond acceptors (Lipinski definition) is 5. The maximum Gasteiger partial charge on any atom is 0.353 e. The molecule has 0 aliphatic heterocycles. The standard InChI is InChI=1S/C27H21BrN2O6/c1-36-22(31)14-29-25(32)18-9-7-16(8-10-18)15-30-24(27(34)35)23(17-5-3-2-4-6-17)21-13-19(28)11-12-20(21)26(30)33/h2-13H,14-15H2,1H3,(H,29,32)(H,34,35). The number of carboxylic acids is 1. The molecule has 0 aliphatic carbocycles. The molecule has 0 aliphatic rings. The van der Waals surface area contributed by atoms with Gasteiger partial charge in [0.2, 0.25) is 0 Å². The Morgan fingerprint density at radius 2 is 1.67 bits per heavy atom. The number of hydrogen-bond donors (Lipinski definition) is 2. The van der Waals surface area contributed by atoms with Gasteiger partial charge in [0, 0.05) is 21.0 Å². The minimum atomic E-state index is -1.23. The third-order valence-corrected chi connectivity index (χ3v) is 6.17. The molecule has 2 N–H and O–H groups in total. The van der Waals surface area contributed by atoms with E-state index in [0.29, 0.717) is 33.0 Å². The average Bonchev–Trinajstić information content (AvgIpc) is 2.89. The zero-order chi connectivity index (χ0) is 25.8. The molecule has 36 heavy (non-hydrogen) atoms. The fourth-order valence-electron chi connectivity index (χ4n) is 3.96. The van der Waals surface area contributed by atoms with E-state index in [-0.39, 0.29) is 18.8 Å². The first kappa shape index (κ1) is 24.9. The molecule has 3 aromatic carbocycles. The van der Waals surface area contributed by atoms with Gasteiger partial charge in [-0.2, -0.15) is 0 Å². The molecule has 0 atom stereocenters. The lowest BCUT2D eigenvalue weighted by molar-refractivity contribution is -0.139. The Hall–Kier alpha value is -4.24. The van der Waals surface area contributed by atoms with E-state index in [1.54, 1.807) is 54.6 Å². The molecule has 0 spiro atoms. The number of amides is 1. The number of nitrogens with one attached hydrogen (secondary N) is 1. The molecule has 182 valence electrons. The molecule has 0 saturated carbocycles. The highest BCUT2D eigenvalue weighted by molar-refractivity contribution is 9.10. The highest BCUT2D eigenvalue weighted by Gasteiger charge is 2.23. The predicted molar refractivity (Wildman–Crippen MR) is 138 cm³/mol. The van der Waals surface area contributed by atoms with E-state index in [9.17, 15) is 24.3 Å². The summed E-state index contributed by atoms with van der Waals surface area (Å²) in [5.74, 6) is -2.26. The quantitative estimate of drug-likeness (QED) is 0.336. The van der Waals surface area contributed by atoms with E-state index in [1.807, 2.05) is 18.2 Å². The Morgan fingerprint density at radius 1 is 0.972 bits per heavy atom. The Morgan fingerprint density at radius 3 is 2.31 bits per heavy atom. The Balaban J connectivity index is 1.80. The number of aromatic nitrogens is 1. The van der Waals surface area contributed by atoms with Crippen molar-refractivity contribution in [3.8, 4) is 11.1 Å². The lowest BCUT2D eigenvalue weighted by Crippen LogP contribution is -2.30. The molecule has 1 amide bonds. The normalized spacial score (nSPS) is 10.7. The first-order valence-electron chi connectivity index (χ1n) is 10.9. The summed E-state index contributed by atoms with van der Waals surface area (Å²) in [6, 6.07) is 20.6. The molecule has 0 radical (unpaired) electrons. The lowest BCUT2D eigenvalue weighted by atomic mass is 9.96. The van der Waals surface area contributed by atoms with Crippen molar-refractivity contribution >= 4 is 44.5 Å². The number of esters is 1. The van der Waals surface area contributed by atoms with Crippen LogP contribution in [0.3, 0.4) is 0 Å². The second-order valence-corrected chi connectivity index (χ2v) is 8.85. The minimum Gasteiger partial charge on any atom is -0.477 e. The monoisotopic (exact) mass is 548 g/mol. The lowest BCUT2D eigenvalue weighted by Gasteiger charge is -2.18. The van der Waals surface area contributed by atoms with Crippen LogP contribution in [0.1, 0.15) is 26.4 Å². The van der Waals surface area contributed by atoms with E-state index < -0.39 is 23.4 Å². The minimum absolute atomic E-state index is 0.0175. The van der Waals surface area contributed by atoms with Gasteiger partial charge in [-0.1, -0.05) is 58.4 Å². The maximum atomic E-state index is 13.5. The molecule has 0 fully saturated rings.